The Balaban J connectivity index is 0.992. The first-order valence-electron chi connectivity index (χ1n) is 23.8. The highest BCUT2D eigenvalue weighted by Crippen LogP contribution is 2.50. The van der Waals surface area contributed by atoms with Gasteiger partial charge in [-0.25, -0.2) is 39.9 Å². The predicted octanol–water partition coefficient (Wildman–Crippen LogP) is 15.9. The molecule has 4 aromatic carbocycles. The molecule has 0 aliphatic carbocycles. The number of hydrogen-bond donors (Lipinski definition) is 0. The van der Waals surface area contributed by atoms with Gasteiger partial charge in [0, 0.05) is 47.0 Å². The summed E-state index contributed by atoms with van der Waals surface area (Å²) in [5.41, 5.74) is 14.3. The van der Waals surface area contributed by atoms with Crippen LogP contribution in [-0.4, -0.2) is 56.5 Å². The van der Waals surface area contributed by atoms with Gasteiger partial charge < -0.3 is 4.12 Å². The van der Waals surface area contributed by atoms with E-state index in [0.717, 1.165) is 93.0 Å². The van der Waals surface area contributed by atoms with Gasteiger partial charge in [0.15, 0.2) is 16.6 Å². The smallest absolute Gasteiger partial charge is 0.222 e. The van der Waals surface area contributed by atoms with Gasteiger partial charge >= 0.3 is 0 Å². The van der Waals surface area contributed by atoms with Gasteiger partial charge in [-0.3, -0.25) is 0 Å². The quantitative estimate of drug-likeness (QED) is 0.0612. The van der Waals surface area contributed by atoms with Gasteiger partial charge in [-0.15, -0.1) is 0 Å². The lowest BCUT2D eigenvalue weighted by atomic mass is 9.91. The summed E-state index contributed by atoms with van der Waals surface area (Å²) in [6.07, 6.45) is 11.8. The van der Waals surface area contributed by atoms with Crippen molar-refractivity contribution < 1.29 is 4.12 Å². The van der Waals surface area contributed by atoms with Crippen LogP contribution in [0.15, 0.2) is 134 Å². The highest BCUT2D eigenvalue weighted by atomic mass is 35.5. The van der Waals surface area contributed by atoms with Crippen LogP contribution in [0.1, 0.15) is 73.9 Å². The molecular weight excluding hydrogens is 999 g/mol. The standard InChI is InChI=1S/C56H58Cl4N8OSi2/c1-55(2,27-21-39-19-17-37(35-45(39)49-25-31-63-53(59)67-49)33-41-13-9-11-15-43(41)47-23-29-61-51(57)65-47)70(5,6)69-71(7,8)56(3,4)28-22-40-20-18-38(36-46(40)50-26-32-64-54(60)68-50)34-42-14-10-12-16-44(42)48-24-30-62-52(58)66-48/h9-20,23-26,29-32,35-36H,21-22,27-28,33-34H2,1-8H3. The van der Waals surface area contributed by atoms with E-state index in [-0.39, 0.29) is 31.2 Å². The van der Waals surface area contributed by atoms with Crippen LogP contribution in [-0.2, 0) is 29.8 Å². The molecule has 0 aliphatic rings. The second kappa shape index (κ2) is 21.8. The Labute approximate surface area is 440 Å². The molecule has 71 heavy (non-hydrogen) atoms. The third-order valence-electron chi connectivity index (χ3n) is 14.6. The molecule has 8 rings (SSSR count). The largest absolute Gasteiger partial charge is 0.455 e. The summed E-state index contributed by atoms with van der Waals surface area (Å²) in [4.78, 5) is 35.0. The van der Waals surface area contributed by atoms with Gasteiger partial charge in [-0.2, -0.15) is 0 Å². The summed E-state index contributed by atoms with van der Waals surface area (Å²) in [5.74, 6) is 0. The van der Waals surface area contributed by atoms with E-state index < -0.39 is 16.6 Å². The average molecular weight is 1060 g/mol. The number of aromatic nitrogens is 8. The van der Waals surface area contributed by atoms with Gasteiger partial charge in [-0.05, 0) is 191 Å². The minimum absolute atomic E-state index is 0.0714. The van der Waals surface area contributed by atoms with E-state index in [1.54, 1.807) is 24.8 Å². The highest BCUT2D eigenvalue weighted by Gasteiger charge is 2.49. The van der Waals surface area contributed by atoms with Gasteiger partial charge in [0.2, 0.25) is 21.1 Å². The molecule has 364 valence electrons. The number of halogens is 4. The topological polar surface area (TPSA) is 112 Å². The molecule has 0 saturated heterocycles. The van der Waals surface area contributed by atoms with Gasteiger partial charge in [0.05, 0.1) is 22.8 Å². The first-order valence-corrected chi connectivity index (χ1v) is 31.2. The zero-order valence-electron chi connectivity index (χ0n) is 41.4. The number of hydrogen-bond acceptors (Lipinski definition) is 9. The molecule has 0 N–H and O–H groups in total. The minimum atomic E-state index is -2.35. The van der Waals surface area contributed by atoms with Gasteiger partial charge in [0.1, 0.15) is 0 Å². The lowest BCUT2D eigenvalue weighted by Crippen LogP contribution is -2.55. The average Bonchev–Trinajstić information content (AvgIpc) is 3.33. The Morgan fingerprint density at radius 3 is 1.07 bits per heavy atom. The lowest BCUT2D eigenvalue weighted by molar-refractivity contribution is 0.411. The molecule has 9 nitrogen and oxygen atoms in total. The van der Waals surface area contributed by atoms with E-state index in [1.807, 2.05) is 36.4 Å². The number of rotatable bonds is 18. The van der Waals surface area contributed by atoms with E-state index in [9.17, 15) is 0 Å². The van der Waals surface area contributed by atoms with Crippen molar-refractivity contribution in [2.45, 2.75) is 102 Å². The zero-order valence-corrected chi connectivity index (χ0v) is 46.5. The third-order valence-corrected chi connectivity index (χ3v) is 26.4. The van der Waals surface area contributed by atoms with E-state index in [2.05, 4.69) is 157 Å². The van der Waals surface area contributed by atoms with Crippen LogP contribution in [0, 0.1) is 0 Å². The zero-order chi connectivity index (χ0) is 50.6. The van der Waals surface area contributed by atoms with Crippen molar-refractivity contribution in [3.05, 3.63) is 188 Å². The Hall–Kier alpha value is -5.25. The van der Waals surface area contributed by atoms with Crippen LogP contribution in [0.5, 0.6) is 0 Å². The van der Waals surface area contributed by atoms with Gasteiger partial charge in [0.25, 0.3) is 0 Å². The van der Waals surface area contributed by atoms with Crippen LogP contribution >= 0.6 is 46.4 Å². The fourth-order valence-corrected chi connectivity index (χ4v) is 18.4. The Morgan fingerprint density at radius 2 is 0.732 bits per heavy atom. The van der Waals surface area contributed by atoms with Crippen molar-refractivity contribution in [3.63, 3.8) is 0 Å². The summed E-state index contributed by atoms with van der Waals surface area (Å²) in [6, 6.07) is 37.7. The lowest BCUT2D eigenvalue weighted by Gasteiger charge is -2.49. The molecule has 0 radical (unpaired) electrons. The fourth-order valence-electron chi connectivity index (χ4n) is 9.02. The molecule has 0 atom stereocenters. The van der Waals surface area contributed by atoms with Crippen LogP contribution in [0.3, 0.4) is 0 Å². The first-order chi connectivity index (χ1) is 33.8. The Kier molecular flexibility index (Phi) is 16.0. The van der Waals surface area contributed by atoms with E-state index in [1.165, 1.54) is 11.1 Å². The molecule has 0 fully saturated rings. The summed E-state index contributed by atoms with van der Waals surface area (Å²) in [5, 5.41) is 0.738. The van der Waals surface area contributed by atoms with E-state index in [0.29, 0.717) is 12.8 Å². The molecular formula is C56H58Cl4N8OSi2. The maximum Gasteiger partial charge on any atom is 0.222 e. The van der Waals surface area contributed by atoms with Crippen molar-refractivity contribution in [3.8, 4) is 45.0 Å². The van der Waals surface area contributed by atoms with Crippen molar-refractivity contribution >= 4 is 63.0 Å². The molecule has 0 aliphatic heterocycles. The van der Waals surface area contributed by atoms with Crippen molar-refractivity contribution in [2.24, 2.45) is 0 Å². The normalized spacial score (nSPS) is 12.3. The molecule has 0 saturated carbocycles. The summed E-state index contributed by atoms with van der Waals surface area (Å²) in [6.45, 7) is 19.2. The molecule has 8 aromatic rings. The summed E-state index contributed by atoms with van der Waals surface area (Å²) < 4.78 is 7.64. The summed E-state index contributed by atoms with van der Waals surface area (Å²) >= 11 is 25.2. The monoisotopic (exact) mass is 1050 g/mol. The second-order valence-electron chi connectivity index (χ2n) is 20.4. The molecule has 0 amide bonds. The SMILES string of the molecule is CC(C)(CCc1ccc(Cc2ccccc2-c2ccnc(Cl)n2)cc1-c1ccnc(Cl)n1)[Si](C)(C)O[Si](C)(C)C(C)(C)CCc1ccc(Cc2ccccc2-c2ccnc(Cl)n2)cc1-c1ccnc(Cl)n1. The van der Waals surface area contributed by atoms with Gasteiger partial charge in [-0.1, -0.05) is 100 Å². The fraction of sp³-hybridized carbons (Fsp3) is 0.286. The minimum Gasteiger partial charge on any atom is -0.455 e. The Morgan fingerprint density at radius 1 is 0.408 bits per heavy atom. The van der Waals surface area contributed by atoms with Crippen LogP contribution in [0.4, 0.5) is 0 Å². The molecule has 4 heterocycles. The number of nitrogens with zero attached hydrogens (tertiary/aromatic N) is 8. The predicted molar refractivity (Wildman–Crippen MR) is 296 cm³/mol. The highest BCUT2D eigenvalue weighted by molar-refractivity contribution is 6.87. The van der Waals surface area contributed by atoms with E-state index in [4.69, 9.17) is 60.5 Å². The molecule has 0 unspecified atom stereocenters. The molecule has 0 bridgehead atoms. The summed E-state index contributed by atoms with van der Waals surface area (Å²) in [7, 11) is -4.69. The number of aryl methyl sites for hydroxylation is 2. The number of benzene rings is 4. The third kappa shape index (κ3) is 12.5. The van der Waals surface area contributed by atoms with Crippen molar-refractivity contribution in [2.75, 3.05) is 0 Å². The first kappa shape index (κ1) is 52.1. The van der Waals surface area contributed by atoms with Crippen LogP contribution < -0.4 is 0 Å². The van der Waals surface area contributed by atoms with Crippen LogP contribution in [0.2, 0.25) is 57.4 Å². The molecule has 0 spiro atoms. The van der Waals surface area contributed by atoms with Crippen molar-refractivity contribution in [1.29, 1.82) is 0 Å². The molecule has 4 aromatic heterocycles. The Bertz CT molecular complexity index is 2980. The van der Waals surface area contributed by atoms with Crippen molar-refractivity contribution in [1.82, 2.24) is 39.9 Å². The maximum atomic E-state index is 7.64. The maximum absolute atomic E-state index is 7.64. The van der Waals surface area contributed by atoms with E-state index >= 15 is 0 Å². The molecule has 15 heteroatoms. The second-order valence-corrected chi connectivity index (χ2v) is 31.3. The van der Waals surface area contributed by atoms with Crippen LogP contribution in [0.25, 0.3) is 45.0 Å².